The van der Waals surface area contributed by atoms with E-state index in [1.54, 1.807) is 0 Å². The highest BCUT2D eigenvalue weighted by molar-refractivity contribution is 5.85. The summed E-state index contributed by atoms with van der Waals surface area (Å²) in [5.41, 5.74) is 1.42. The number of fused-ring (bicyclic) bond motifs is 1. The molecule has 0 nitrogen and oxygen atoms in total. The summed E-state index contributed by atoms with van der Waals surface area (Å²) in [4.78, 5) is 0. The second-order valence-electron chi connectivity index (χ2n) is 4.03. The fourth-order valence-corrected chi connectivity index (χ4v) is 2.01. The van der Waals surface area contributed by atoms with Crippen LogP contribution in [0.2, 0.25) is 0 Å². The van der Waals surface area contributed by atoms with Crippen LogP contribution in [-0.4, -0.2) is 0 Å². The Bertz CT molecular complexity index is 475. The van der Waals surface area contributed by atoms with Crippen LogP contribution in [0.3, 0.4) is 0 Å². The number of aryl methyl sites for hydroxylation is 1. The lowest BCUT2D eigenvalue weighted by Gasteiger charge is -2.05. The molecule has 16 heavy (non-hydrogen) atoms. The van der Waals surface area contributed by atoms with E-state index in [2.05, 4.69) is 61.5 Å². The van der Waals surface area contributed by atoms with Crippen molar-refractivity contribution in [3.8, 4) is 0 Å². The van der Waals surface area contributed by atoms with Crippen LogP contribution >= 0.6 is 0 Å². The Labute approximate surface area is 97.6 Å². The molecule has 0 spiro atoms. The average Bonchev–Trinajstić information content (AvgIpc) is 2.35. The van der Waals surface area contributed by atoms with E-state index in [-0.39, 0.29) is 0 Å². The molecule has 1 radical (unpaired) electrons. The van der Waals surface area contributed by atoms with Crippen LogP contribution in [0, 0.1) is 6.07 Å². The molecule has 0 saturated carbocycles. The molecule has 0 aliphatic heterocycles. The van der Waals surface area contributed by atoms with Gasteiger partial charge in [0.2, 0.25) is 0 Å². The molecule has 0 heteroatoms. The first-order valence-corrected chi connectivity index (χ1v) is 5.90. The maximum absolute atomic E-state index is 3.23. The van der Waals surface area contributed by atoms with E-state index in [1.807, 2.05) is 0 Å². The summed E-state index contributed by atoms with van der Waals surface area (Å²) < 4.78 is 0. The molecule has 0 aliphatic rings. The molecule has 2 rings (SSSR count). The van der Waals surface area contributed by atoms with Gasteiger partial charge in [0.05, 0.1) is 0 Å². The summed E-state index contributed by atoms with van der Waals surface area (Å²) >= 11 is 0. The first-order chi connectivity index (χ1) is 7.92. The minimum absolute atomic E-state index is 1.14. The van der Waals surface area contributed by atoms with Crippen molar-refractivity contribution in [3.05, 3.63) is 60.2 Å². The van der Waals surface area contributed by atoms with Crippen molar-refractivity contribution in [2.75, 3.05) is 0 Å². The van der Waals surface area contributed by atoms with Gasteiger partial charge >= 0.3 is 0 Å². The van der Waals surface area contributed by atoms with E-state index < -0.39 is 0 Å². The Morgan fingerprint density at radius 3 is 2.94 bits per heavy atom. The molecule has 0 saturated heterocycles. The quantitative estimate of drug-likeness (QED) is 0.512. The molecule has 0 bridgehead atoms. The zero-order chi connectivity index (χ0) is 11.2. The molecule has 0 atom stereocenters. The molecule has 2 aromatic carbocycles. The highest BCUT2D eigenvalue weighted by Gasteiger charge is 1.99. The van der Waals surface area contributed by atoms with Gasteiger partial charge in [0.1, 0.15) is 0 Å². The fourth-order valence-electron chi connectivity index (χ4n) is 2.01. The predicted molar refractivity (Wildman–Crippen MR) is 70.5 cm³/mol. The fraction of sp³-hybridized carbons (Fsp3) is 0.250. The molecule has 81 valence electrons. The Hall–Kier alpha value is -1.56. The van der Waals surface area contributed by atoms with Crippen LogP contribution in [0.15, 0.2) is 48.6 Å². The third-order valence-corrected chi connectivity index (χ3v) is 2.86. The van der Waals surface area contributed by atoms with Crippen LogP contribution in [-0.2, 0) is 6.42 Å². The average molecular weight is 209 g/mol. The van der Waals surface area contributed by atoms with E-state index >= 15 is 0 Å². The van der Waals surface area contributed by atoms with E-state index in [4.69, 9.17) is 0 Å². The number of unbranched alkanes of at least 4 members (excludes halogenated alkanes) is 1. The van der Waals surface area contributed by atoms with Crippen molar-refractivity contribution < 1.29 is 0 Å². The Kier molecular flexibility index (Phi) is 3.76. The molecule has 0 heterocycles. The molecular formula is C16H17. The van der Waals surface area contributed by atoms with Crippen LogP contribution in [0.25, 0.3) is 10.8 Å². The Morgan fingerprint density at radius 1 is 1.19 bits per heavy atom. The summed E-state index contributed by atoms with van der Waals surface area (Å²) in [7, 11) is 0. The number of benzene rings is 2. The molecule has 0 N–H and O–H groups in total. The summed E-state index contributed by atoms with van der Waals surface area (Å²) in [6, 6.07) is 16.0. The number of hydrogen-bond acceptors (Lipinski definition) is 0. The first kappa shape index (κ1) is 10.9. The second kappa shape index (κ2) is 5.50. The Balaban J connectivity index is 2.17. The van der Waals surface area contributed by atoms with Crippen LogP contribution in [0.1, 0.15) is 25.3 Å². The lowest BCUT2D eigenvalue weighted by molar-refractivity contribution is 0.847. The molecule has 0 aromatic heterocycles. The second-order valence-corrected chi connectivity index (χ2v) is 4.03. The van der Waals surface area contributed by atoms with Gasteiger partial charge in [-0.05, 0) is 54.7 Å². The minimum Gasteiger partial charge on any atom is -0.0917 e. The first-order valence-electron chi connectivity index (χ1n) is 5.90. The zero-order valence-corrected chi connectivity index (χ0v) is 9.74. The van der Waals surface area contributed by atoms with Crippen molar-refractivity contribution in [1.82, 2.24) is 0 Å². The van der Waals surface area contributed by atoms with Crippen LogP contribution in [0.5, 0.6) is 0 Å². The van der Waals surface area contributed by atoms with Crippen molar-refractivity contribution in [3.63, 3.8) is 0 Å². The monoisotopic (exact) mass is 209 g/mol. The van der Waals surface area contributed by atoms with Gasteiger partial charge in [-0.25, -0.2) is 0 Å². The van der Waals surface area contributed by atoms with Crippen LogP contribution < -0.4 is 0 Å². The van der Waals surface area contributed by atoms with Gasteiger partial charge in [-0.15, -0.1) is 0 Å². The summed E-state index contributed by atoms with van der Waals surface area (Å²) in [6.07, 6.45) is 7.87. The van der Waals surface area contributed by atoms with Gasteiger partial charge in [-0.1, -0.05) is 42.5 Å². The molecule has 0 aliphatic carbocycles. The number of allylic oxidation sites excluding steroid dienone is 2. The van der Waals surface area contributed by atoms with Crippen molar-refractivity contribution in [2.45, 2.75) is 26.2 Å². The van der Waals surface area contributed by atoms with Gasteiger partial charge < -0.3 is 0 Å². The van der Waals surface area contributed by atoms with Crippen molar-refractivity contribution in [1.29, 1.82) is 0 Å². The van der Waals surface area contributed by atoms with E-state index in [1.165, 1.54) is 29.2 Å². The summed E-state index contributed by atoms with van der Waals surface area (Å²) in [5, 5.41) is 2.67. The topological polar surface area (TPSA) is 0 Å². The third-order valence-electron chi connectivity index (χ3n) is 2.86. The maximum Gasteiger partial charge on any atom is -0.0151 e. The number of hydrogen-bond donors (Lipinski definition) is 0. The lowest BCUT2D eigenvalue weighted by atomic mass is 10.0. The zero-order valence-electron chi connectivity index (χ0n) is 9.74. The van der Waals surface area contributed by atoms with Crippen LogP contribution in [0.4, 0.5) is 0 Å². The lowest BCUT2D eigenvalue weighted by Crippen LogP contribution is -1.87. The smallest absolute Gasteiger partial charge is 0.0151 e. The standard InChI is InChI=1S/C16H17/c1-2-3-4-5-9-14-11-8-12-15-10-6-7-13-16(14)15/h2-3,6-7,10-13H,4-5,9H2,1H3/b3-2+. The normalized spacial score (nSPS) is 11.3. The van der Waals surface area contributed by atoms with Gasteiger partial charge in [0, 0.05) is 0 Å². The van der Waals surface area contributed by atoms with E-state index in [0.717, 1.165) is 6.42 Å². The Morgan fingerprint density at radius 2 is 2.06 bits per heavy atom. The molecular weight excluding hydrogens is 192 g/mol. The van der Waals surface area contributed by atoms with Gasteiger partial charge in [-0.2, -0.15) is 0 Å². The third kappa shape index (κ3) is 2.52. The molecule has 0 unspecified atom stereocenters. The molecule has 2 aromatic rings. The highest BCUT2D eigenvalue weighted by Crippen LogP contribution is 2.19. The largest absolute Gasteiger partial charge is 0.0917 e. The highest BCUT2D eigenvalue weighted by atomic mass is 14.0. The number of rotatable bonds is 4. The van der Waals surface area contributed by atoms with Gasteiger partial charge in [-0.3, -0.25) is 0 Å². The molecule has 0 fully saturated rings. The SMILES string of the molecule is C/C=C/CCCc1c[c]cc2ccccc12. The minimum atomic E-state index is 1.14. The van der Waals surface area contributed by atoms with Crippen molar-refractivity contribution >= 4 is 10.8 Å². The maximum atomic E-state index is 3.23. The molecule has 0 amide bonds. The van der Waals surface area contributed by atoms with E-state index in [9.17, 15) is 0 Å². The van der Waals surface area contributed by atoms with E-state index in [0.29, 0.717) is 0 Å². The van der Waals surface area contributed by atoms with Crippen molar-refractivity contribution in [2.24, 2.45) is 0 Å². The summed E-state index contributed by atoms with van der Waals surface area (Å²) in [5.74, 6) is 0. The van der Waals surface area contributed by atoms with Gasteiger partial charge in [0.25, 0.3) is 0 Å². The predicted octanol–water partition coefficient (Wildman–Crippen LogP) is 4.54. The summed E-state index contributed by atoms with van der Waals surface area (Å²) in [6.45, 7) is 2.08. The van der Waals surface area contributed by atoms with Gasteiger partial charge in [0.15, 0.2) is 0 Å².